The van der Waals surface area contributed by atoms with Crippen molar-refractivity contribution in [2.24, 2.45) is 0 Å². The molecule has 1 aromatic carbocycles. The molecule has 1 atom stereocenters. The van der Waals surface area contributed by atoms with E-state index in [9.17, 15) is 14.0 Å². The predicted molar refractivity (Wildman–Crippen MR) is 105 cm³/mol. The van der Waals surface area contributed by atoms with E-state index in [2.05, 4.69) is 15.6 Å². The lowest BCUT2D eigenvalue weighted by atomic mass is 10.1. The summed E-state index contributed by atoms with van der Waals surface area (Å²) in [5.74, 6) is -0.678. The van der Waals surface area contributed by atoms with E-state index in [1.807, 2.05) is 39.9 Å². The van der Waals surface area contributed by atoms with Gasteiger partial charge in [0.1, 0.15) is 11.5 Å². The zero-order valence-electron chi connectivity index (χ0n) is 15.8. The van der Waals surface area contributed by atoms with E-state index in [0.717, 1.165) is 16.9 Å². The van der Waals surface area contributed by atoms with Crippen molar-refractivity contribution >= 4 is 17.5 Å². The first kappa shape index (κ1) is 19.1. The molecule has 29 heavy (non-hydrogen) atoms. The van der Waals surface area contributed by atoms with Crippen LogP contribution in [0.25, 0.3) is 5.65 Å². The van der Waals surface area contributed by atoms with Gasteiger partial charge in [-0.15, -0.1) is 0 Å². The lowest BCUT2D eigenvalue weighted by Gasteiger charge is -2.34. The Kier molecular flexibility index (Phi) is 5.53. The molecule has 1 aliphatic rings. The number of hydrogen-bond donors (Lipinski definition) is 2. The largest absolute Gasteiger partial charge is 0.353 e. The second-order valence-corrected chi connectivity index (χ2v) is 7.08. The van der Waals surface area contributed by atoms with E-state index in [-0.39, 0.29) is 24.1 Å². The van der Waals surface area contributed by atoms with Crippen molar-refractivity contribution in [2.75, 3.05) is 13.1 Å². The van der Waals surface area contributed by atoms with Crippen molar-refractivity contribution in [1.29, 1.82) is 0 Å². The van der Waals surface area contributed by atoms with Crippen molar-refractivity contribution in [3.8, 4) is 0 Å². The van der Waals surface area contributed by atoms with E-state index >= 15 is 0 Å². The summed E-state index contributed by atoms with van der Waals surface area (Å²) in [5, 5.41) is 5.67. The molecular weight excluding hydrogens is 373 g/mol. The van der Waals surface area contributed by atoms with Gasteiger partial charge < -0.3 is 15.0 Å². The molecule has 7 nitrogen and oxygen atoms in total. The van der Waals surface area contributed by atoms with Crippen LogP contribution in [0.1, 0.15) is 17.7 Å². The maximum atomic E-state index is 13.1. The topological polar surface area (TPSA) is 78.7 Å². The number of imidazole rings is 1. The maximum Gasteiger partial charge on any atom is 0.237 e. The minimum absolute atomic E-state index is 0.0560. The minimum Gasteiger partial charge on any atom is -0.353 e. The molecule has 0 bridgehead atoms. The Labute approximate surface area is 167 Å². The molecule has 0 aliphatic carbocycles. The number of fused-ring (bicyclic) bond motifs is 1. The quantitative estimate of drug-likeness (QED) is 0.663. The number of carbonyl (C=O) groups is 2. The standard InChI is InChI=1S/C21H22FN5O2/c22-16-6-4-15(5-7-16)13-26-10-8-23-21(29)18(26)11-20(28)24-12-17-14-27-9-2-1-3-19(27)25-17/h1-7,9,14,18H,8,10-13H2,(H,23,29)(H,24,28)/t18-/m1/s1. The van der Waals surface area contributed by atoms with Crippen molar-refractivity contribution in [3.63, 3.8) is 0 Å². The Balaban J connectivity index is 1.37. The zero-order chi connectivity index (χ0) is 20.2. The second kappa shape index (κ2) is 8.40. The van der Waals surface area contributed by atoms with Crippen LogP contribution in [0, 0.1) is 5.82 Å². The predicted octanol–water partition coefficient (Wildman–Crippen LogP) is 1.48. The van der Waals surface area contributed by atoms with E-state index in [0.29, 0.717) is 26.2 Å². The molecule has 4 rings (SSSR count). The average molecular weight is 395 g/mol. The van der Waals surface area contributed by atoms with E-state index in [4.69, 9.17) is 0 Å². The lowest BCUT2D eigenvalue weighted by molar-refractivity contribution is -0.134. The highest BCUT2D eigenvalue weighted by molar-refractivity contribution is 5.88. The number of nitrogens with one attached hydrogen (secondary N) is 2. The van der Waals surface area contributed by atoms with Crippen molar-refractivity contribution in [2.45, 2.75) is 25.6 Å². The van der Waals surface area contributed by atoms with Crippen LogP contribution in [0.3, 0.4) is 0 Å². The van der Waals surface area contributed by atoms with Crippen LogP contribution in [0.5, 0.6) is 0 Å². The van der Waals surface area contributed by atoms with Gasteiger partial charge in [-0.05, 0) is 29.8 Å². The van der Waals surface area contributed by atoms with Crippen LogP contribution >= 0.6 is 0 Å². The Bertz CT molecular complexity index is 984. The summed E-state index contributed by atoms with van der Waals surface area (Å²) in [6.07, 6.45) is 3.82. The fourth-order valence-electron chi connectivity index (χ4n) is 3.51. The van der Waals surface area contributed by atoms with Crippen LogP contribution < -0.4 is 10.6 Å². The minimum atomic E-state index is -0.560. The summed E-state index contributed by atoms with van der Waals surface area (Å²) < 4.78 is 15.0. The number of piperazine rings is 1. The average Bonchev–Trinajstić information content (AvgIpc) is 3.14. The van der Waals surface area contributed by atoms with Crippen LogP contribution in [0.15, 0.2) is 54.9 Å². The van der Waals surface area contributed by atoms with Gasteiger partial charge in [0.25, 0.3) is 0 Å². The molecule has 2 aromatic heterocycles. The molecule has 0 radical (unpaired) electrons. The molecule has 3 heterocycles. The molecule has 2 amide bonds. The Morgan fingerprint density at radius 3 is 2.86 bits per heavy atom. The lowest BCUT2D eigenvalue weighted by Crippen LogP contribution is -2.56. The number of rotatable bonds is 6. The Hall–Kier alpha value is -3.26. The number of carbonyl (C=O) groups excluding carboxylic acids is 2. The molecule has 1 fully saturated rings. The number of halogens is 1. The number of benzene rings is 1. The fourth-order valence-corrected chi connectivity index (χ4v) is 3.51. The van der Waals surface area contributed by atoms with Crippen LogP contribution in [0.4, 0.5) is 4.39 Å². The number of amides is 2. The van der Waals surface area contributed by atoms with Gasteiger partial charge in [0.15, 0.2) is 0 Å². The first-order chi connectivity index (χ1) is 14.1. The summed E-state index contributed by atoms with van der Waals surface area (Å²) in [7, 11) is 0. The molecule has 150 valence electrons. The highest BCUT2D eigenvalue weighted by Gasteiger charge is 2.31. The highest BCUT2D eigenvalue weighted by Crippen LogP contribution is 2.15. The van der Waals surface area contributed by atoms with Gasteiger partial charge in [-0.3, -0.25) is 14.5 Å². The second-order valence-electron chi connectivity index (χ2n) is 7.08. The third-order valence-corrected chi connectivity index (χ3v) is 5.00. The first-order valence-corrected chi connectivity index (χ1v) is 9.54. The third kappa shape index (κ3) is 4.60. The molecule has 3 aromatic rings. The van der Waals surface area contributed by atoms with Gasteiger partial charge in [-0.2, -0.15) is 0 Å². The van der Waals surface area contributed by atoms with Gasteiger partial charge in [0.05, 0.1) is 24.7 Å². The molecule has 8 heteroatoms. The van der Waals surface area contributed by atoms with Gasteiger partial charge in [0.2, 0.25) is 11.8 Å². The van der Waals surface area contributed by atoms with Crippen LogP contribution in [-0.2, 0) is 22.7 Å². The van der Waals surface area contributed by atoms with E-state index in [1.165, 1.54) is 12.1 Å². The van der Waals surface area contributed by atoms with E-state index in [1.54, 1.807) is 12.1 Å². The maximum absolute atomic E-state index is 13.1. The molecule has 1 saturated heterocycles. The highest BCUT2D eigenvalue weighted by atomic mass is 19.1. The summed E-state index contributed by atoms with van der Waals surface area (Å²) in [6, 6.07) is 11.3. The van der Waals surface area contributed by atoms with E-state index < -0.39 is 6.04 Å². The smallest absolute Gasteiger partial charge is 0.237 e. The summed E-state index contributed by atoms with van der Waals surface area (Å²) in [5.41, 5.74) is 2.46. The summed E-state index contributed by atoms with van der Waals surface area (Å²) in [4.78, 5) is 31.3. The Morgan fingerprint density at radius 1 is 1.24 bits per heavy atom. The summed E-state index contributed by atoms with van der Waals surface area (Å²) in [6.45, 7) is 1.94. The zero-order valence-corrected chi connectivity index (χ0v) is 15.8. The number of pyridine rings is 1. The molecule has 1 aliphatic heterocycles. The molecule has 0 saturated carbocycles. The number of hydrogen-bond acceptors (Lipinski definition) is 4. The SMILES string of the molecule is O=C(C[C@@H]1C(=O)NCCN1Cc1ccc(F)cc1)NCc1cn2ccccc2n1. The van der Waals surface area contributed by atoms with Crippen LogP contribution in [-0.4, -0.2) is 45.2 Å². The molecular formula is C21H22FN5O2. The summed E-state index contributed by atoms with van der Waals surface area (Å²) >= 11 is 0. The van der Waals surface area contributed by atoms with Crippen molar-refractivity contribution < 1.29 is 14.0 Å². The molecule has 0 unspecified atom stereocenters. The number of aromatic nitrogens is 2. The van der Waals surface area contributed by atoms with Crippen molar-refractivity contribution in [3.05, 3.63) is 71.9 Å². The molecule has 0 spiro atoms. The fraction of sp³-hybridized carbons (Fsp3) is 0.286. The van der Waals surface area contributed by atoms with Gasteiger partial charge in [-0.25, -0.2) is 9.37 Å². The monoisotopic (exact) mass is 395 g/mol. The Morgan fingerprint density at radius 2 is 2.07 bits per heavy atom. The normalized spacial score (nSPS) is 17.3. The van der Waals surface area contributed by atoms with Crippen LogP contribution in [0.2, 0.25) is 0 Å². The number of nitrogens with zero attached hydrogens (tertiary/aromatic N) is 3. The van der Waals surface area contributed by atoms with Gasteiger partial charge in [0, 0.05) is 32.0 Å². The van der Waals surface area contributed by atoms with Crippen molar-refractivity contribution in [1.82, 2.24) is 24.9 Å². The third-order valence-electron chi connectivity index (χ3n) is 5.00. The van der Waals surface area contributed by atoms with Gasteiger partial charge >= 0.3 is 0 Å². The molecule has 2 N–H and O–H groups in total. The van der Waals surface area contributed by atoms with Gasteiger partial charge in [-0.1, -0.05) is 18.2 Å². The first-order valence-electron chi connectivity index (χ1n) is 9.54.